The zero-order valence-corrected chi connectivity index (χ0v) is 14.2. The van der Waals surface area contributed by atoms with Crippen molar-refractivity contribution in [3.63, 3.8) is 0 Å². The van der Waals surface area contributed by atoms with Crippen molar-refractivity contribution in [1.29, 1.82) is 0 Å². The third-order valence-electron chi connectivity index (χ3n) is 9.70. The van der Waals surface area contributed by atoms with Gasteiger partial charge in [-0.3, -0.25) is 0 Å². The second kappa shape index (κ2) is 3.29. The first-order valence-electron chi connectivity index (χ1n) is 9.95. The molecule has 0 saturated heterocycles. The van der Waals surface area contributed by atoms with E-state index in [0.29, 0.717) is 0 Å². The monoisotopic (exact) mass is 300 g/mol. The van der Waals surface area contributed by atoms with Crippen LogP contribution in [0, 0.1) is 40.9 Å². The molecule has 114 valence electrons. The molecule has 8 fully saturated rings. The fourth-order valence-corrected chi connectivity index (χ4v) is 13.0. The van der Waals surface area contributed by atoms with Crippen LogP contribution in [0.2, 0.25) is 0 Å². The Kier molecular flexibility index (Phi) is 1.86. The largest absolute Gasteiger partial charge is 0.109 e. The highest BCUT2D eigenvalue weighted by atomic mass is 31.1. The summed E-state index contributed by atoms with van der Waals surface area (Å²) in [4.78, 5) is 0. The average molecular weight is 300 g/mol. The Hall–Kier alpha value is 0.430. The van der Waals surface area contributed by atoms with Crippen molar-refractivity contribution >= 4 is 8.58 Å². The van der Waals surface area contributed by atoms with Gasteiger partial charge in [-0.25, -0.2) is 0 Å². The van der Waals surface area contributed by atoms with Gasteiger partial charge in [0.2, 0.25) is 0 Å². The summed E-state index contributed by atoms with van der Waals surface area (Å²) in [6, 6.07) is 0. The summed E-state index contributed by atoms with van der Waals surface area (Å²) in [7, 11) is 1.39. The van der Waals surface area contributed by atoms with Crippen LogP contribution in [0.5, 0.6) is 0 Å². The molecule has 0 N–H and O–H groups in total. The van der Waals surface area contributed by atoms with Crippen molar-refractivity contribution in [3.8, 4) is 0 Å². The van der Waals surface area contributed by atoms with E-state index in [-0.39, 0.29) is 0 Å². The van der Waals surface area contributed by atoms with Gasteiger partial charge in [-0.05, 0) is 122 Å². The van der Waals surface area contributed by atoms with Crippen LogP contribution in [0.3, 0.4) is 0 Å². The predicted molar refractivity (Wildman–Crippen MR) is 87.9 cm³/mol. The van der Waals surface area contributed by atoms with Crippen LogP contribution in [0.1, 0.15) is 70.6 Å². The van der Waals surface area contributed by atoms with Crippen LogP contribution >= 0.6 is 8.58 Å². The van der Waals surface area contributed by atoms with E-state index in [1.54, 1.807) is 70.6 Å². The Labute approximate surface area is 131 Å². The lowest BCUT2D eigenvalue weighted by Gasteiger charge is -2.59. The zero-order chi connectivity index (χ0) is 13.4. The molecule has 8 aliphatic carbocycles. The molecule has 0 aromatic carbocycles. The molecule has 0 aliphatic heterocycles. The standard InChI is InChI=1S/C20H29P/c1-12-2-14-3-13(1)5-18(4-12,6-14)21-19-7-15-8-20(17(15)11-19)10-16(20)9-19/h12-17,21H,1-11H2. The van der Waals surface area contributed by atoms with Crippen LogP contribution in [0.25, 0.3) is 0 Å². The molecule has 8 saturated carbocycles. The summed E-state index contributed by atoms with van der Waals surface area (Å²) in [5, 5.41) is 1.77. The molecular formula is C20H29P. The molecule has 21 heavy (non-hydrogen) atoms. The van der Waals surface area contributed by atoms with E-state index in [4.69, 9.17) is 0 Å². The lowest BCUT2D eigenvalue weighted by molar-refractivity contribution is 0.0349. The average Bonchev–Trinajstić information content (AvgIpc) is 3.05. The third kappa shape index (κ3) is 1.32. The number of fused-ring (bicyclic) bond motifs is 1. The summed E-state index contributed by atoms with van der Waals surface area (Å²) in [6.07, 6.45) is 18.3. The minimum Gasteiger partial charge on any atom is -0.109 e. The molecule has 1 heteroatoms. The zero-order valence-electron chi connectivity index (χ0n) is 13.2. The minimum absolute atomic E-state index is 0.882. The SMILES string of the molecule is C1C2CC3CC1CC(PC14CC5CC6(CC6C1)C5C4)(C2)C3. The van der Waals surface area contributed by atoms with Crippen LogP contribution in [0.15, 0.2) is 0 Å². The van der Waals surface area contributed by atoms with Gasteiger partial charge in [0.25, 0.3) is 0 Å². The van der Waals surface area contributed by atoms with Gasteiger partial charge in [0.05, 0.1) is 0 Å². The lowest BCUT2D eigenvalue weighted by atomic mass is 9.56. The molecule has 6 bridgehead atoms. The maximum absolute atomic E-state index is 1.70. The number of rotatable bonds is 2. The van der Waals surface area contributed by atoms with E-state index < -0.39 is 0 Å². The van der Waals surface area contributed by atoms with E-state index in [0.717, 1.165) is 15.7 Å². The highest BCUT2D eigenvalue weighted by Gasteiger charge is 2.76. The van der Waals surface area contributed by atoms with Crippen LogP contribution in [-0.2, 0) is 0 Å². The predicted octanol–water partition coefficient (Wildman–Crippen LogP) is 5.21. The molecule has 1 spiro atoms. The summed E-state index contributed by atoms with van der Waals surface area (Å²) in [5.41, 5.74) is 0.969. The molecule has 0 nitrogen and oxygen atoms in total. The first-order valence-corrected chi connectivity index (χ1v) is 11.0. The smallest absolute Gasteiger partial charge is 0.0108 e. The second-order valence-corrected chi connectivity index (χ2v) is 13.3. The molecule has 8 rings (SSSR count). The van der Waals surface area contributed by atoms with Crippen LogP contribution in [-0.4, -0.2) is 10.3 Å². The quantitative estimate of drug-likeness (QED) is 0.614. The Bertz CT molecular complexity index is 492. The van der Waals surface area contributed by atoms with E-state index in [9.17, 15) is 0 Å². The Morgan fingerprint density at radius 1 is 0.619 bits per heavy atom. The fraction of sp³-hybridized carbons (Fsp3) is 1.00. The lowest BCUT2D eigenvalue weighted by Crippen LogP contribution is -2.50. The summed E-state index contributed by atoms with van der Waals surface area (Å²) in [6.45, 7) is 0. The van der Waals surface area contributed by atoms with Gasteiger partial charge in [0, 0.05) is 0 Å². The van der Waals surface area contributed by atoms with Gasteiger partial charge in [-0.1, -0.05) is 0 Å². The van der Waals surface area contributed by atoms with Crippen LogP contribution in [0.4, 0.5) is 0 Å². The Balaban J connectivity index is 1.23. The molecule has 0 aromatic heterocycles. The third-order valence-corrected chi connectivity index (χ3v) is 12.0. The molecule has 0 aromatic rings. The number of hydrogen-bond acceptors (Lipinski definition) is 0. The molecular weight excluding hydrogens is 271 g/mol. The topological polar surface area (TPSA) is 0 Å². The molecule has 8 aliphatic rings. The molecule has 6 atom stereocenters. The van der Waals surface area contributed by atoms with Gasteiger partial charge in [-0.2, -0.15) is 0 Å². The normalized spacial score (nSPS) is 72.0. The van der Waals surface area contributed by atoms with Gasteiger partial charge in [0.15, 0.2) is 0 Å². The Morgan fingerprint density at radius 2 is 1.29 bits per heavy atom. The summed E-state index contributed by atoms with van der Waals surface area (Å²) >= 11 is 0. The van der Waals surface area contributed by atoms with Crippen molar-refractivity contribution < 1.29 is 0 Å². The summed E-state index contributed by atoms with van der Waals surface area (Å²) in [5.74, 6) is 7.17. The van der Waals surface area contributed by atoms with E-state index >= 15 is 0 Å². The maximum atomic E-state index is 1.70. The maximum Gasteiger partial charge on any atom is -0.0108 e. The molecule has 0 radical (unpaired) electrons. The van der Waals surface area contributed by atoms with E-state index in [2.05, 4.69) is 0 Å². The van der Waals surface area contributed by atoms with Gasteiger partial charge >= 0.3 is 0 Å². The van der Waals surface area contributed by atoms with Gasteiger partial charge in [0.1, 0.15) is 0 Å². The fourth-order valence-electron chi connectivity index (χ4n) is 9.68. The van der Waals surface area contributed by atoms with Crippen molar-refractivity contribution in [2.75, 3.05) is 0 Å². The molecule has 0 amide bonds. The van der Waals surface area contributed by atoms with Crippen molar-refractivity contribution in [3.05, 3.63) is 0 Å². The van der Waals surface area contributed by atoms with Crippen molar-refractivity contribution in [2.45, 2.75) is 80.9 Å². The Morgan fingerprint density at radius 3 is 2.00 bits per heavy atom. The van der Waals surface area contributed by atoms with E-state index in [1.165, 1.54) is 44.1 Å². The minimum atomic E-state index is 0.882. The number of hydrogen-bond donors (Lipinski definition) is 0. The first kappa shape index (κ1) is 11.9. The van der Waals surface area contributed by atoms with Gasteiger partial charge < -0.3 is 0 Å². The highest BCUT2D eigenvalue weighted by Crippen LogP contribution is 2.85. The van der Waals surface area contributed by atoms with E-state index in [1.807, 2.05) is 0 Å². The van der Waals surface area contributed by atoms with Crippen molar-refractivity contribution in [2.24, 2.45) is 40.9 Å². The highest BCUT2D eigenvalue weighted by molar-refractivity contribution is 7.42. The molecule has 0 heterocycles. The molecule has 6 unspecified atom stereocenters. The first-order chi connectivity index (χ1) is 10.2. The van der Waals surface area contributed by atoms with Crippen LogP contribution < -0.4 is 0 Å². The van der Waals surface area contributed by atoms with Gasteiger partial charge in [-0.15, -0.1) is 8.58 Å². The van der Waals surface area contributed by atoms with Crippen molar-refractivity contribution in [1.82, 2.24) is 0 Å². The summed E-state index contributed by atoms with van der Waals surface area (Å²) < 4.78 is 0. The second-order valence-electron chi connectivity index (χ2n) is 10.9.